The number of hydrogen-bond acceptors (Lipinski definition) is 3. The molecule has 0 fully saturated rings. The van der Waals surface area contributed by atoms with Crippen LogP contribution in [0.3, 0.4) is 0 Å². The van der Waals surface area contributed by atoms with Gasteiger partial charge in [0.15, 0.2) is 0 Å². The molecule has 0 saturated heterocycles. The molecular weight excluding hydrogens is 212 g/mol. The predicted octanol–water partition coefficient (Wildman–Crippen LogP) is 0.702. The van der Waals surface area contributed by atoms with Gasteiger partial charge in [-0.2, -0.15) is 0 Å². The third kappa shape index (κ3) is 6.08. The Labute approximate surface area is 103 Å². The summed E-state index contributed by atoms with van der Waals surface area (Å²) in [5.74, 6) is 6.04. The molecule has 0 aliphatic carbocycles. The Morgan fingerprint density at radius 1 is 1.29 bits per heavy atom. The van der Waals surface area contributed by atoms with Crippen LogP contribution >= 0.6 is 0 Å². The molecule has 0 bridgehead atoms. The van der Waals surface area contributed by atoms with Crippen molar-refractivity contribution in [2.45, 2.75) is 12.6 Å². The number of aliphatic hydroxyl groups is 1. The molecule has 1 atom stereocenters. The molecule has 0 aromatic heterocycles. The highest BCUT2D eigenvalue weighted by atomic mass is 16.3. The van der Waals surface area contributed by atoms with E-state index in [1.165, 1.54) is 5.56 Å². The molecule has 17 heavy (non-hydrogen) atoms. The van der Waals surface area contributed by atoms with Gasteiger partial charge in [0.1, 0.15) is 0 Å². The van der Waals surface area contributed by atoms with Crippen LogP contribution in [-0.2, 0) is 6.54 Å². The first-order valence-corrected chi connectivity index (χ1v) is 5.73. The molecule has 0 aliphatic heterocycles. The first-order chi connectivity index (χ1) is 8.22. The third-order valence-electron chi connectivity index (χ3n) is 2.25. The van der Waals surface area contributed by atoms with Crippen molar-refractivity contribution in [3.05, 3.63) is 35.9 Å². The smallest absolute Gasteiger partial charge is 0.0926 e. The standard InChI is InChI=1S/C14H20N2O/c1-16(2)10-6-9-14(12-17)15-11-13-7-4-3-5-8-13/h3-5,7-8,14-15,17H,10-12H2,1-2H3. The lowest BCUT2D eigenvalue weighted by atomic mass is 10.2. The van der Waals surface area contributed by atoms with E-state index in [0.29, 0.717) is 6.54 Å². The van der Waals surface area contributed by atoms with E-state index in [4.69, 9.17) is 0 Å². The summed E-state index contributed by atoms with van der Waals surface area (Å²) in [4.78, 5) is 2.00. The maximum absolute atomic E-state index is 9.19. The summed E-state index contributed by atoms with van der Waals surface area (Å²) < 4.78 is 0. The van der Waals surface area contributed by atoms with E-state index in [9.17, 15) is 5.11 Å². The van der Waals surface area contributed by atoms with Gasteiger partial charge in [-0.3, -0.25) is 10.2 Å². The van der Waals surface area contributed by atoms with Crippen LogP contribution in [0, 0.1) is 11.8 Å². The second-order valence-electron chi connectivity index (χ2n) is 4.16. The van der Waals surface area contributed by atoms with E-state index >= 15 is 0 Å². The van der Waals surface area contributed by atoms with Gasteiger partial charge < -0.3 is 5.11 Å². The highest BCUT2D eigenvalue weighted by molar-refractivity contribution is 5.16. The molecule has 0 amide bonds. The van der Waals surface area contributed by atoms with Gasteiger partial charge in [-0.05, 0) is 19.7 Å². The van der Waals surface area contributed by atoms with Crippen LogP contribution in [-0.4, -0.2) is 43.3 Å². The lowest BCUT2D eigenvalue weighted by Crippen LogP contribution is -2.30. The molecule has 0 heterocycles. The van der Waals surface area contributed by atoms with Crippen molar-refractivity contribution >= 4 is 0 Å². The number of rotatable bonds is 5. The molecule has 2 N–H and O–H groups in total. The summed E-state index contributed by atoms with van der Waals surface area (Å²) in [7, 11) is 3.94. The van der Waals surface area contributed by atoms with Gasteiger partial charge in [0.05, 0.1) is 19.2 Å². The monoisotopic (exact) mass is 232 g/mol. The number of benzene rings is 1. The van der Waals surface area contributed by atoms with Gasteiger partial charge in [-0.25, -0.2) is 0 Å². The van der Waals surface area contributed by atoms with Crippen molar-refractivity contribution < 1.29 is 5.11 Å². The molecular formula is C14H20N2O. The van der Waals surface area contributed by atoms with Crippen molar-refractivity contribution in [2.75, 3.05) is 27.2 Å². The van der Waals surface area contributed by atoms with E-state index in [2.05, 4.69) is 29.3 Å². The SMILES string of the molecule is CN(C)CC#CC(CO)NCc1ccccc1. The van der Waals surface area contributed by atoms with Gasteiger partial charge in [0.25, 0.3) is 0 Å². The van der Waals surface area contributed by atoms with Crippen LogP contribution in [0.5, 0.6) is 0 Å². The minimum Gasteiger partial charge on any atom is -0.394 e. The Morgan fingerprint density at radius 3 is 2.59 bits per heavy atom. The number of nitrogens with zero attached hydrogens (tertiary/aromatic N) is 1. The zero-order chi connectivity index (χ0) is 12.5. The molecule has 1 unspecified atom stereocenters. The van der Waals surface area contributed by atoms with Crippen LogP contribution in [0.4, 0.5) is 0 Å². The molecule has 0 aliphatic rings. The van der Waals surface area contributed by atoms with Crippen molar-refractivity contribution in [2.24, 2.45) is 0 Å². The van der Waals surface area contributed by atoms with E-state index in [1.807, 2.05) is 37.2 Å². The summed E-state index contributed by atoms with van der Waals surface area (Å²) in [6.07, 6.45) is 0. The highest BCUT2D eigenvalue weighted by Gasteiger charge is 2.01. The van der Waals surface area contributed by atoms with E-state index < -0.39 is 0 Å². The summed E-state index contributed by atoms with van der Waals surface area (Å²) >= 11 is 0. The molecule has 0 radical (unpaired) electrons. The Balaban J connectivity index is 2.39. The first kappa shape index (κ1) is 13.7. The zero-order valence-corrected chi connectivity index (χ0v) is 10.5. The van der Waals surface area contributed by atoms with Gasteiger partial charge in [0, 0.05) is 6.54 Å². The normalized spacial score (nSPS) is 12.0. The third-order valence-corrected chi connectivity index (χ3v) is 2.25. The number of nitrogens with one attached hydrogen (secondary N) is 1. The van der Waals surface area contributed by atoms with E-state index in [1.54, 1.807) is 0 Å². The van der Waals surface area contributed by atoms with Crippen molar-refractivity contribution in [1.82, 2.24) is 10.2 Å². The van der Waals surface area contributed by atoms with Gasteiger partial charge >= 0.3 is 0 Å². The Morgan fingerprint density at radius 2 is 2.00 bits per heavy atom. The fraction of sp³-hybridized carbons (Fsp3) is 0.429. The summed E-state index contributed by atoms with van der Waals surface area (Å²) in [5.41, 5.74) is 1.19. The molecule has 1 aromatic carbocycles. The van der Waals surface area contributed by atoms with Gasteiger partial charge in [-0.1, -0.05) is 42.2 Å². The largest absolute Gasteiger partial charge is 0.394 e. The van der Waals surface area contributed by atoms with Crippen molar-refractivity contribution in [3.8, 4) is 11.8 Å². The zero-order valence-electron chi connectivity index (χ0n) is 10.5. The molecule has 92 valence electrons. The Kier molecular flexibility index (Phi) is 6.34. The molecule has 0 saturated carbocycles. The molecule has 3 nitrogen and oxygen atoms in total. The fourth-order valence-corrected chi connectivity index (χ4v) is 1.33. The minimum atomic E-state index is -0.157. The van der Waals surface area contributed by atoms with Crippen molar-refractivity contribution in [1.29, 1.82) is 0 Å². The lowest BCUT2D eigenvalue weighted by Gasteiger charge is -2.10. The van der Waals surface area contributed by atoms with E-state index in [0.717, 1.165) is 6.54 Å². The van der Waals surface area contributed by atoms with Crippen LogP contribution in [0.2, 0.25) is 0 Å². The summed E-state index contributed by atoms with van der Waals surface area (Å²) in [6, 6.07) is 9.94. The Bertz CT molecular complexity index is 365. The minimum absolute atomic E-state index is 0.0350. The van der Waals surface area contributed by atoms with Gasteiger partial charge in [-0.15, -0.1) is 0 Å². The first-order valence-electron chi connectivity index (χ1n) is 5.73. The predicted molar refractivity (Wildman–Crippen MR) is 70.5 cm³/mol. The maximum atomic E-state index is 9.19. The van der Waals surface area contributed by atoms with E-state index in [-0.39, 0.29) is 12.6 Å². The van der Waals surface area contributed by atoms with Crippen LogP contribution in [0.25, 0.3) is 0 Å². The summed E-state index contributed by atoms with van der Waals surface area (Å²) in [6.45, 7) is 1.47. The molecule has 0 spiro atoms. The van der Waals surface area contributed by atoms with Gasteiger partial charge in [0.2, 0.25) is 0 Å². The number of aliphatic hydroxyl groups excluding tert-OH is 1. The maximum Gasteiger partial charge on any atom is 0.0926 e. The highest BCUT2D eigenvalue weighted by Crippen LogP contribution is 1.97. The molecule has 3 heteroatoms. The van der Waals surface area contributed by atoms with Crippen LogP contribution < -0.4 is 5.32 Å². The fourth-order valence-electron chi connectivity index (χ4n) is 1.33. The van der Waals surface area contributed by atoms with Crippen LogP contribution in [0.15, 0.2) is 30.3 Å². The average Bonchev–Trinajstić information content (AvgIpc) is 2.34. The average molecular weight is 232 g/mol. The quantitative estimate of drug-likeness (QED) is 0.734. The number of hydrogen-bond donors (Lipinski definition) is 2. The second-order valence-corrected chi connectivity index (χ2v) is 4.16. The van der Waals surface area contributed by atoms with Crippen molar-refractivity contribution in [3.63, 3.8) is 0 Å². The van der Waals surface area contributed by atoms with Crippen LogP contribution in [0.1, 0.15) is 5.56 Å². The lowest BCUT2D eigenvalue weighted by molar-refractivity contribution is 0.267. The topological polar surface area (TPSA) is 35.5 Å². The molecule has 1 aromatic rings. The molecule has 1 rings (SSSR count). The second kappa shape index (κ2) is 7.86. The summed E-state index contributed by atoms with van der Waals surface area (Å²) in [5, 5.41) is 12.4. The Hall–Kier alpha value is -1.34.